The third kappa shape index (κ3) is 3.47. The molecule has 3 unspecified atom stereocenters. The molecule has 108 valence electrons. The van der Waals surface area contributed by atoms with Crippen molar-refractivity contribution in [1.29, 1.82) is 0 Å². The van der Waals surface area contributed by atoms with Crippen LogP contribution in [0.5, 0.6) is 0 Å². The maximum Gasteiger partial charge on any atom is 0.241 e. The van der Waals surface area contributed by atoms with Gasteiger partial charge in [0, 0.05) is 19.6 Å². The molecule has 2 amide bonds. The van der Waals surface area contributed by atoms with Crippen molar-refractivity contribution in [2.75, 3.05) is 20.1 Å². The standard InChI is InChI=1S/C14H25N3O2/c1-3-17(2)13(18)9-15-14(19)12-8-10-6-4-5-7-11(10)16-12/h10-12,16H,3-9H2,1-2H3,(H,15,19). The Morgan fingerprint density at radius 1 is 1.32 bits per heavy atom. The molecule has 2 N–H and O–H groups in total. The van der Waals surface area contributed by atoms with Gasteiger partial charge < -0.3 is 15.5 Å². The van der Waals surface area contributed by atoms with Crippen LogP contribution in [0.1, 0.15) is 39.0 Å². The number of nitrogens with zero attached hydrogens (tertiary/aromatic N) is 1. The van der Waals surface area contributed by atoms with Gasteiger partial charge >= 0.3 is 0 Å². The Hall–Kier alpha value is -1.10. The Bertz CT molecular complexity index is 332. The highest BCUT2D eigenvalue weighted by molar-refractivity contribution is 5.87. The number of fused-ring (bicyclic) bond motifs is 1. The Morgan fingerprint density at radius 3 is 2.74 bits per heavy atom. The second-order valence-corrected chi connectivity index (χ2v) is 5.73. The average Bonchev–Trinajstić information content (AvgIpc) is 2.87. The third-order valence-electron chi connectivity index (χ3n) is 4.49. The number of carbonyl (C=O) groups excluding carboxylic acids is 2. The molecule has 0 spiro atoms. The minimum Gasteiger partial charge on any atom is -0.346 e. The minimum absolute atomic E-state index is 0.0211. The first-order chi connectivity index (χ1) is 9.11. The molecule has 5 nitrogen and oxygen atoms in total. The van der Waals surface area contributed by atoms with Crippen molar-refractivity contribution in [1.82, 2.24) is 15.5 Å². The van der Waals surface area contributed by atoms with Crippen LogP contribution in [0.3, 0.4) is 0 Å². The fourth-order valence-electron chi connectivity index (χ4n) is 3.12. The van der Waals surface area contributed by atoms with Gasteiger partial charge in [0.1, 0.15) is 0 Å². The Morgan fingerprint density at radius 2 is 2.05 bits per heavy atom. The number of hydrogen-bond donors (Lipinski definition) is 2. The van der Waals surface area contributed by atoms with E-state index in [1.54, 1.807) is 11.9 Å². The first kappa shape index (κ1) is 14.3. The van der Waals surface area contributed by atoms with Crippen LogP contribution in [-0.4, -0.2) is 48.9 Å². The lowest BCUT2D eigenvalue weighted by molar-refractivity contribution is -0.132. The first-order valence-corrected chi connectivity index (χ1v) is 7.39. The summed E-state index contributed by atoms with van der Waals surface area (Å²) >= 11 is 0. The van der Waals surface area contributed by atoms with Crippen molar-refractivity contribution in [3.8, 4) is 0 Å². The summed E-state index contributed by atoms with van der Waals surface area (Å²) in [5.41, 5.74) is 0. The summed E-state index contributed by atoms with van der Waals surface area (Å²) in [4.78, 5) is 25.3. The molecular weight excluding hydrogens is 242 g/mol. The fourth-order valence-corrected chi connectivity index (χ4v) is 3.12. The molecule has 2 rings (SSSR count). The molecule has 3 atom stereocenters. The zero-order chi connectivity index (χ0) is 13.8. The van der Waals surface area contributed by atoms with Crippen molar-refractivity contribution in [3.05, 3.63) is 0 Å². The van der Waals surface area contributed by atoms with Crippen LogP contribution in [0.15, 0.2) is 0 Å². The smallest absolute Gasteiger partial charge is 0.241 e. The second-order valence-electron chi connectivity index (χ2n) is 5.73. The Balaban J connectivity index is 1.76. The molecule has 0 aromatic rings. The van der Waals surface area contributed by atoms with Gasteiger partial charge in [0.2, 0.25) is 11.8 Å². The summed E-state index contributed by atoms with van der Waals surface area (Å²) in [7, 11) is 1.75. The van der Waals surface area contributed by atoms with Crippen LogP contribution in [0.2, 0.25) is 0 Å². The molecule has 0 radical (unpaired) electrons. The van der Waals surface area contributed by atoms with E-state index in [0.29, 0.717) is 18.5 Å². The maximum atomic E-state index is 12.1. The summed E-state index contributed by atoms with van der Waals surface area (Å²) in [5.74, 6) is 0.594. The molecular formula is C14H25N3O2. The highest BCUT2D eigenvalue weighted by Gasteiger charge is 2.38. The van der Waals surface area contributed by atoms with Crippen LogP contribution in [0.25, 0.3) is 0 Å². The predicted molar refractivity (Wildman–Crippen MR) is 73.6 cm³/mol. The van der Waals surface area contributed by atoms with E-state index in [1.165, 1.54) is 25.7 Å². The number of nitrogens with one attached hydrogen (secondary N) is 2. The van der Waals surface area contributed by atoms with E-state index in [0.717, 1.165) is 6.42 Å². The molecule has 0 aromatic carbocycles. The van der Waals surface area contributed by atoms with E-state index in [2.05, 4.69) is 10.6 Å². The fraction of sp³-hybridized carbons (Fsp3) is 0.857. The molecule has 2 aliphatic rings. The summed E-state index contributed by atoms with van der Waals surface area (Å²) in [6, 6.07) is 0.409. The lowest BCUT2D eigenvalue weighted by Gasteiger charge is -2.24. The van der Waals surface area contributed by atoms with Crippen molar-refractivity contribution in [2.24, 2.45) is 5.92 Å². The van der Waals surface area contributed by atoms with Gasteiger partial charge in [0.05, 0.1) is 12.6 Å². The van der Waals surface area contributed by atoms with Gasteiger partial charge in [-0.15, -0.1) is 0 Å². The maximum absolute atomic E-state index is 12.1. The monoisotopic (exact) mass is 267 g/mol. The second kappa shape index (κ2) is 6.37. The van der Waals surface area contributed by atoms with Gasteiger partial charge in [-0.2, -0.15) is 0 Å². The van der Waals surface area contributed by atoms with E-state index in [-0.39, 0.29) is 24.4 Å². The molecule has 1 saturated heterocycles. The highest BCUT2D eigenvalue weighted by Crippen LogP contribution is 2.33. The van der Waals surface area contributed by atoms with E-state index < -0.39 is 0 Å². The van der Waals surface area contributed by atoms with Crippen LogP contribution in [-0.2, 0) is 9.59 Å². The minimum atomic E-state index is -0.104. The zero-order valence-corrected chi connectivity index (χ0v) is 11.9. The number of amides is 2. The lowest BCUT2D eigenvalue weighted by Crippen LogP contribution is -2.46. The molecule has 19 heavy (non-hydrogen) atoms. The molecule has 1 saturated carbocycles. The van der Waals surface area contributed by atoms with E-state index in [4.69, 9.17) is 0 Å². The normalized spacial score (nSPS) is 29.7. The summed E-state index contributed by atoms with van der Waals surface area (Å²) in [6.45, 7) is 2.69. The van der Waals surface area contributed by atoms with Gasteiger partial charge in [-0.1, -0.05) is 12.8 Å². The zero-order valence-electron chi connectivity index (χ0n) is 11.9. The SMILES string of the molecule is CCN(C)C(=O)CNC(=O)C1CC2CCCCC2N1. The quantitative estimate of drug-likeness (QED) is 0.780. The van der Waals surface area contributed by atoms with Gasteiger partial charge in [-0.25, -0.2) is 0 Å². The average molecular weight is 267 g/mol. The van der Waals surface area contributed by atoms with E-state index >= 15 is 0 Å². The molecule has 1 aliphatic carbocycles. The van der Waals surface area contributed by atoms with E-state index in [9.17, 15) is 9.59 Å². The summed E-state index contributed by atoms with van der Waals surface area (Å²) in [6.07, 6.45) is 5.90. The van der Waals surface area contributed by atoms with Gasteiger partial charge in [-0.05, 0) is 32.1 Å². The third-order valence-corrected chi connectivity index (χ3v) is 4.49. The van der Waals surface area contributed by atoms with Gasteiger partial charge in [0.15, 0.2) is 0 Å². The molecule has 1 aliphatic heterocycles. The molecule has 2 fully saturated rings. The van der Waals surface area contributed by atoms with Crippen molar-refractivity contribution in [2.45, 2.75) is 51.1 Å². The molecule has 5 heteroatoms. The number of carbonyl (C=O) groups is 2. The van der Waals surface area contributed by atoms with Crippen LogP contribution < -0.4 is 10.6 Å². The largest absolute Gasteiger partial charge is 0.346 e. The lowest BCUT2D eigenvalue weighted by atomic mass is 9.85. The predicted octanol–water partition coefficient (Wildman–Crippen LogP) is 0.502. The Labute approximate surface area is 115 Å². The molecule has 0 aromatic heterocycles. The van der Waals surface area contributed by atoms with Gasteiger partial charge in [0.25, 0.3) is 0 Å². The van der Waals surface area contributed by atoms with Gasteiger partial charge in [-0.3, -0.25) is 9.59 Å². The van der Waals surface area contributed by atoms with Crippen molar-refractivity contribution in [3.63, 3.8) is 0 Å². The number of hydrogen-bond acceptors (Lipinski definition) is 3. The summed E-state index contributed by atoms with van der Waals surface area (Å²) in [5, 5.41) is 6.18. The number of rotatable bonds is 4. The highest BCUT2D eigenvalue weighted by atomic mass is 16.2. The summed E-state index contributed by atoms with van der Waals surface area (Å²) < 4.78 is 0. The molecule has 0 bridgehead atoms. The topological polar surface area (TPSA) is 61.4 Å². The molecule has 1 heterocycles. The van der Waals surface area contributed by atoms with Crippen LogP contribution >= 0.6 is 0 Å². The number of likely N-dealkylation sites (N-methyl/N-ethyl adjacent to an activating group) is 1. The first-order valence-electron chi connectivity index (χ1n) is 7.39. The van der Waals surface area contributed by atoms with Crippen LogP contribution in [0.4, 0.5) is 0 Å². The Kier molecular flexibility index (Phi) is 4.80. The van der Waals surface area contributed by atoms with E-state index in [1.807, 2.05) is 6.92 Å². The van der Waals surface area contributed by atoms with Crippen molar-refractivity contribution < 1.29 is 9.59 Å². The van der Waals surface area contributed by atoms with Crippen molar-refractivity contribution >= 4 is 11.8 Å². The van der Waals surface area contributed by atoms with Crippen LogP contribution in [0, 0.1) is 5.92 Å².